The molecule has 0 aromatic heterocycles. The monoisotopic (exact) mass is 568 g/mol. The van der Waals surface area contributed by atoms with Crippen molar-refractivity contribution in [2.45, 2.75) is 65.6 Å². The average molecular weight is 570 g/mol. The zero-order valence-corrected chi connectivity index (χ0v) is 24.4. The second-order valence-corrected chi connectivity index (χ2v) is 11.3. The summed E-state index contributed by atoms with van der Waals surface area (Å²) in [5, 5.41) is 6.24. The first-order chi connectivity index (χ1) is 17.8. The van der Waals surface area contributed by atoms with Crippen LogP contribution < -0.4 is 20.1 Å². The molecule has 2 aromatic carbocycles. The molecule has 38 heavy (non-hydrogen) atoms. The van der Waals surface area contributed by atoms with Gasteiger partial charge in [-0.2, -0.15) is 0 Å². The zero-order chi connectivity index (χ0) is 28.3. The number of carbonyl (C=O) groups excluding carboxylic acids is 2. The number of rotatable bonds is 11. The first-order valence-corrected chi connectivity index (χ1v) is 13.3. The van der Waals surface area contributed by atoms with E-state index in [-0.39, 0.29) is 0 Å². The predicted molar refractivity (Wildman–Crippen MR) is 151 cm³/mol. The Morgan fingerprint density at radius 2 is 1.05 bits per heavy atom. The fraction of sp³-hybridized carbons (Fsp3) is 0.500. The molecular formula is C28H38Cl2N2O6. The normalized spacial score (nSPS) is 11.5. The quantitative estimate of drug-likeness (QED) is 0.277. The molecule has 2 aromatic rings. The van der Waals surface area contributed by atoms with Crippen molar-refractivity contribution < 1.29 is 28.5 Å². The van der Waals surface area contributed by atoms with E-state index in [0.717, 1.165) is 0 Å². The average Bonchev–Trinajstić information content (AvgIpc) is 2.78. The highest BCUT2D eigenvalue weighted by molar-refractivity contribution is 6.38. The highest BCUT2D eigenvalue weighted by Gasteiger charge is 2.17. The van der Waals surface area contributed by atoms with Gasteiger partial charge in [0.1, 0.15) is 22.7 Å². The van der Waals surface area contributed by atoms with Crippen LogP contribution in [0.25, 0.3) is 11.1 Å². The van der Waals surface area contributed by atoms with E-state index in [2.05, 4.69) is 10.6 Å². The number of amides is 2. The topological polar surface area (TPSA) is 95.1 Å². The van der Waals surface area contributed by atoms with Crippen molar-refractivity contribution in [3.05, 3.63) is 46.4 Å². The number of halogens is 2. The fourth-order valence-corrected chi connectivity index (χ4v) is 3.74. The molecule has 0 atom stereocenters. The van der Waals surface area contributed by atoms with Crippen LogP contribution in [0.15, 0.2) is 36.4 Å². The van der Waals surface area contributed by atoms with Gasteiger partial charge in [0, 0.05) is 24.2 Å². The second-order valence-electron chi connectivity index (χ2n) is 10.5. The summed E-state index contributed by atoms with van der Waals surface area (Å²) in [5.41, 5.74) is 0.324. The SMILES string of the molecule is CC(C)(C)OC(=O)NCCCOc1cccc(-c2cccc(OCCCNC(=O)OC(C)(C)C)c2Cl)c1Cl. The molecule has 10 heteroatoms. The minimum atomic E-state index is -0.544. The van der Waals surface area contributed by atoms with Gasteiger partial charge in [-0.3, -0.25) is 0 Å². The smallest absolute Gasteiger partial charge is 0.407 e. The maximum atomic E-state index is 11.7. The second kappa shape index (κ2) is 14.4. The van der Waals surface area contributed by atoms with Gasteiger partial charge in [0.15, 0.2) is 0 Å². The summed E-state index contributed by atoms with van der Waals surface area (Å²) in [6.07, 6.45) is 0.224. The van der Waals surface area contributed by atoms with Crippen LogP contribution in [0.3, 0.4) is 0 Å². The molecule has 0 saturated carbocycles. The minimum absolute atomic E-state index is 0.354. The van der Waals surface area contributed by atoms with Crippen LogP contribution in [0, 0.1) is 0 Å². The van der Waals surface area contributed by atoms with Crippen molar-refractivity contribution in [3.63, 3.8) is 0 Å². The highest BCUT2D eigenvalue weighted by Crippen LogP contribution is 2.41. The molecule has 8 nitrogen and oxygen atoms in total. The molecular weight excluding hydrogens is 531 g/mol. The van der Waals surface area contributed by atoms with Gasteiger partial charge in [0.2, 0.25) is 0 Å². The van der Waals surface area contributed by atoms with Crippen molar-refractivity contribution in [2.75, 3.05) is 26.3 Å². The molecule has 0 fully saturated rings. The van der Waals surface area contributed by atoms with E-state index in [9.17, 15) is 9.59 Å². The molecule has 0 bridgehead atoms. The van der Waals surface area contributed by atoms with Gasteiger partial charge in [-0.25, -0.2) is 9.59 Å². The summed E-state index contributed by atoms with van der Waals surface area (Å²) < 4.78 is 22.1. The Hall–Kier alpha value is -2.84. The lowest BCUT2D eigenvalue weighted by Crippen LogP contribution is -2.33. The molecule has 0 aliphatic heterocycles. The Morgan fingerprint density at radius 3 is 1.39 bits per heavy atom. The molecule has 0 radical (unpaired) electrons. The van der Waals surface area contributed by atoms with Crippen LogP contribution in [-0.2, 0) is 9.47 Å². The van der Waals surface area contributed by atoms with Crippen LogP contribution in [0.2, 0.25) is 10.0 Å². The van der Waals surface area contributed by atoms with Crippen molar-refractivity contribution in [1.29, 1.82) is 0 Å². The van der Waals surface area contributed by atoms with Crippen LogP contribution in [0.4, 0.5) is 9.59 Å². The lowest BCUT2D eigenvalue weighted by atomic mass is 10.0. The summed E-state index contributed by atoms with van der Waals surface area (Å²) in [6, 6.07) is 10.9. The van der Waals surface area contributed by atoms with Crippen LogP contribution in [0.5, 0.6) is 11.5 Å². The summed E-state index contributed by atoms with van der Waals surface area (Å²) in [4.78, 5) is 23.5. The largest absolute Gasteiger partial charge is 0.492 e. The number of alkyl carbamates (subject to hydrolysis) is 2. The zero-order valence-electron chi connectivity index (χ0n) is 22.9. The number of ether oxygens (including phenoxy) is 4. The first-order valence-electron chi connectivity index (χ1n) is 12.5. The molecule has 2 N–H and O–H groups in total. The Kier molecular flexibility index (Phi) is 11.9. The number of hydrogen-bond donors (Lipinski definition) is 2. The number of nitrogens with one attached hydrogen (secondary N) is 2. The summed E-state index contributed by atoms with van der Waals surface area (Å²) in [6.45, 7) is 12.4. The Labute approximate surface area is 235 Å². The maximum absolute atomic E-state index is 11.7. The molecule has 2 amide bonds. The third kappa shape index (κ3) is 11.3. The summed E-state index contributed by atoms with van der Waals surface area (Å²) >= 11 is 13.3. The molecule has 0 saturated heterocycles. The van der Waals surface area contributed by atoms with E-state index in [1.54, 1.807) is 12.1 Å². The van der Waals surface area contributed by atoms with E-state index in [0.29, 0.717) is 71.8 Å². The maximum Gasteiger partial charge on any atom is 0.407 e. The van der Waals surface area contributed by atoms with E-state index in [4.69, 9.17) is 42.1 Å². The molecule has 0 unspecified atom stereocenters. The first kappa shape index (κ1) is 31.4. The highest BCUT2D eigenvalue weighted by atomic mass is 35.5. The van der Waals surface area contributed by atoms with Gasteiger partial charge in [-0.1, -0.05) is 47.5 Å². The van der Waals surface area contributed by atoms with Gasteiger partial charge in [-0.05, 0) is 66.5 Å². The van der Waals surface area contributed by atoms with Gasteiger partial charge in [0.05, 0.1) is 23.3 Å². The third-order valence-corrected chi connectivity index (χ3v) is 5.49. The van der Waals surface area contributed by atoms with Gasteiger partial charge >= 0.3 is 12.2 Å². The standard InChI is InChI=1S/C28H38Cl2N2O6/c1-27(2,3)37-25(33)31-15-9-17-35-21-13-7-11-19(23(21)29)20-12-8-14-22(24(20)30)36-18-10-16-32-26(34)38-28(4,5)6/h7-8,11-14H,9-10,15-18H2,1-6H3,(H,31,33)(H,32,34). The van der Waals surface area contributed by atoms with E-state index < -0.39 is 23.4 Å². The Morgan fingerprint density at radius 1 is 0.684 bits per heavy atom. The van der Waals surface area contributed by atoms with Gasteiger partial charge in [0.25, 0.3) is 0 Å². The Balaban J connectivity index is 1.90. The number of benzene rings is 2. The van der Waals surface area contributed by atoms with Crippen molar-refractivity contribution in [2.24, 2.45) is 0 Å². The van der Waals surface area contributed by atoms with Crippen LogP contribution in [0.1, 0.15) is 54.4 Å². The number of carbonyl (C=O) groups is 2. The summed E-state index contributed by atoms with van der Waals surface area (Å²) in [5.74, 6) is 1.02. The molecule has 0 spiro atoms. The lowest BCUT2D eigenvalue weighted by molar-refractivity contribution is 0.0513. The summed E-state index contributed by atoms with van der Waals surface area (Å²) in [7, 11) is 0. The lowest BCUT2D eigenvalue weighted by Gasteiger charge is -2.19. The van der Waals surface area contributed by atoms with E-state index in [1.165, 1.54) is 0 Å². The molecule has 0 aliphatic carbocycles. The third-order valence-electron chi connectivity index (χ3n) is 4.71. The predicted octanol–water partition coefficient (Wildman–Crippen LogP) is 7.25. The van der Waals surface area contributed by atoms with E-state index >= 15 is 0 Å². The minimum Gasteiger partial charge on any atom is -0.492 e. The van der Waals surface area contributed by atoms with Crippen LogP contribution >= 0.6 is 23.2 Å². The molecule has 2 rings (SSSR count). The van der Waals surface area contributed by atoms with E-state index in [1.807, 2.05) is 65.8 Å². The number of hydrogen-bond acceptors (Lipinski definition) is 6. The molecule has 0 heterocycles. The Bertz CT molecular complexity index is 994. The van der Waals surface area contributed by atoms with Crippen molar-refractivity contribution in [3.8, 4) is 22.6 Å². The molecule has 210 valence electrons. The van der Waals surface area contributed by atoms with Gasteiger partial charge < -0.3 is 29.6 Å². The van der Waals surface area contributed by atoms with Crippen molar-refractivity contribution >= 4 is 35.4 Å². The van der Waals surface area contributed by atoms with Gasteiger partial charge in [-0.15, -0.1) is 0 Å². The molecule has 0 aliphatic rings. The fourth-order valence-electron chi connectivity index (χ4n) is 3.18. The van der Waals surface area contributed by atoms with Crippen LogP contribution in [-0.4, -0.2) is 49.7 Å². The van der Waals surface area contributed by atoms with Crippen molar-refractivity contribution in [1.82, 2.24) is 10.6 Å².